The second kappa shape index (κ2) is 7.79. The van der Waals surface area contributed by atoms with Crippen LogP contribution in [-0.2, 0) is 6.54 Å². The van der Waals surface area contributed by atoms with Crippen LogP contribution >= 0.6 is 11.3 Å². The number of thiophene rings is 1. The van der Waals surface area contributed by atoms with E-state index in [1.807, 2.05) is 0 Å². The molecule has 4 nitrogen and oxygen atoms in total. The van der Waals surface area contributed by atoms with Crippen molar-refractivity contribution in [2.45, 2.75) is 19.6 Å². The molecule has 0 fully saturated rings. The highest BCUT2D eigenvalue weighted by Gasteiger charge is 2.06. The Kier molecular flexibility index (Phi) is 5.76. The summed E-state index contributed by atoms with van der Waals surface area (Å²) in [6.45, 7) is 3.49. The number of ether oxygens (including phenoxy) is 1. The predicted molar refractivity (Wildman–Crippen MR) is 83.4 cm³/mol. The van der Waals surface area contributed by atoms with E-state index >= 15 is 0 Å². The monoisotopic (exact) mass is 302 g/mol. The van der Waals surface area contributed by atoms with E-state index in [4.69, 9.17) is 10.00 Å². The van der Waals surface area contributed by atoms with Gasteiger partial charge in [0.25, 0.3) is 0 Å². The van der Waals surface area contributed by atoms with Gasteiger partial charge in [-0.25, -0.2) is 0 Å². The number of benzene rings is 1. The molecule has 0 radical (unpaired) electrons. The van der Waals surface area contributed by atoms with Crippen molar-refractivity contribution in [3.05, 3.63) is 51.7 Å². The van der Waals surface area contributed by atoms with Crippen LogP contribution in [0.5, 0.6) is 5.75 Å². The maximum atomic E-state index is 9.87. The van der Waals surface area contributed by atoms with Crippen molar-refractivity contribution in [3.63, 3.8) is 0 Å². The molecule has 5 heteroatoms. The van der Waals surface area contributed by atoms with Gasteiger partial charge in [0.05, 0.1) is 11.6 Å². The number of aryl methyl sites for hydroxylation is 1. The van der Waals surface area contributed by atoms with Crippen molar-refractivity contribution in [1.82, 2.24) is 5.32 Å². The molecule has 0 saturated heterocycles. The second-order valence-corrected chi connectivity index (χ2v) is 6.12. The summed E-state index contributed by atoms with van der Waals surface area (Å²) in [7, 11) is 0. The molecule has 1 heterocycles. The topological polar surface area (TPSA) is 65.3 Å². The van der Waals surface area contributed by atoms with Crippen molar-refractivity contribution in [2.75, 3.05) is 13.2 Å². The van der Waals surface area contributed by atoms with Crippen molar-refractivity contribution in [2.24, 2.45) is 0 Å². The molecule has 1 aromatic carbocycles. The van der Waals surface area contributed by atoms with Gasteiger partial charge in [-0.05, 0) is 37.3 Å². The van der Waals surface area contributed by atoms with Crippen molar-refractivity contribution >= 4 is 11.3 Å². The van der Waals surface area contributed by atoms with Crippen molar-refractivity contribution < 1.29 is 9.84 Å². The fourth-order valence-corrected chi connectivity index (χ4v) is 2.71. The maximum absolute atomic E-state index is 9.87. The number of rotatable bonds is 7. The molecule has 2 rings (SSSR count). The Bertz CT molecular complexity index is 619. The molecule has 1 unspecified atom stereocenters. The zero-order chi connectivity index (χ0) is 15.1. The Labute approximate surface area is 128 Å². The molecule has 0 aliphatic carbocycles. The smallest absolute Gasteiger partial charge is 0.120 e. The minimum atomic E-state index is -0.586. The number of aliphatic hydroxyl groups excluding tert-OH is 1. The van der Waals surface area contributed by atoms with Crippen LogP contribution in [0.1, 0.15) is 15.3 Å². The van der Waals surface area contributed by atoms with Gasteiger partial charge in [-0.15, -0.1) is 11.3 Å². The molecule has 21 heavy (non-hydrogen) atoms. The fraction of sp³-hybridized carbons (Fsp3) is 0.312. The van der Waals surface area contributed by atoms with Gasteiger partial charge in [0.2, 0.25) is 0 Å². The molecule has 0 spiro atoms. The molecule has 0 aliphatic rings. The largest absolute Gasteiger partial charge is 0.491 e. The lowest BCUT2D eigenvalue weighted by Crippen LogP contribution is -2.30. The predicted octanol–water partition coefficient (Wildman–Crippen LogP) is 2.46. The third kappa shape index (κ3) is 5.20. The lowest BCUT2D eigenvalue weighted by atomic mass is 10.2. The van der Waals surface area contributed by atoms with Gasteiger partial charge in [-0.3, -0.25) is 0 Å². The number of hydrogen-bond donors (Lipinski definition) is 2. The summed E-state index contributed by atoms with van der Waals surface area (Å²) >= 11 is 1.75. The molecule has 2 aromatic rings. The highest BCUT2D eigenvalue weighted by Crippen LogP contribution is 2.14. The molecule has 0 amide bonds. The second-order valence-electron chi connectivity index (χ2n) is 4.75. The number of nitriles is 1. The van der Waals surface area contributed by atoms with E-state index in [-0.39, 0.29) is 6.61 Å². The third-order valence-electron chi connectivity index (χ3n) is 2.88. The zero-order valence-electron chi connectivity index (χ0n) is 11.9. The van der Waals surface area contributed by atoms with Gasteiger partial charge >= 0.3 is 0 Å². The highest BCUT2D eigenvalue weighted by molar-refractivity contribution is 7.11. The molecule has 1 aromatic heterocycles. The van der Waals surface area contributed by atoms with E-state index in [0.717, 1.165) is 6.54 Å². The standard InChI is InChI=1S/C16H18N2O2S/c1-12-5-6-16(21-12)10-18-9-14(19)11-20-15-4-2-3-13(7-15)8-17/h2-7,14,18-19H,9-11H2,1H3. The van der Waals surface area contributed by atoms with Crippen LogP contribution in [0.15, 0.2) is 36.4 Å². The summed E-state index contributed by atoms with van der Waals surface area (Å²) in [6, 6.07) is 13.1. The number of nitrogens with zero attached hydrogens (tertiary/aromatic N) is 1. The first-order valence-corrected chi connectivity index (χ1v) is 7.56. The van der Waals surface area contributed by atoms with Crippen LogP contribution in [0.2, 0.25) is 0 Å². The van der Waals surface area contributed by atoms with Gasteiger partial charge in [0.15, 0.2) is 0 Å². The van der Waals surface area contributed by atoms with Crippen LogP contribution in [0.25, 0.3) is 0 Å². The first-order valence-electron chi connectivity index (χ1n) is 6.74. The maximum Gasteiger partial charge on any atom is 0.120 e. The molecule has 0 aliphatic heterocycles. The van der Waals surface area contributed by atoms with Crippen LogP contribution in [0, 0.1) is 18.3 Å². The first-order chi connectivity index (χ1) is 10.2. The Morgan fingerprint density at radius 2 is 2.24 bits per heavy atom. The Morgan fingerprint density at radius 1 is 1.38 bits per heavy atom. The van der Waals surface area contributed by atoms with E-state index in [0.29, 0.717) is 17.9 Å². The molecular formula is C16H18N2O2S. The lowest BCUT2D eigenvalue weighted by molar-refractivity contribution is 0.106. The van der Waals surface area contributed by atoms with Crippen LogP contribution in [-0.4, -0.2) is 24.4 Å². The summed E-state index contributed by atoms with van der Waals surface area (Å²) in [6.07, 6.45) is -0.586. The number of hydrogen-bond acceptors (Lipinski definition) is 5. The molecule has 1 atom stereocenters. The van der Waals surface area contributed by atoms with Crippen LogP contribution in [0.3, 0.4) is 0 Å². The summed E-state index contributed by atoms with van der Waals surface area (Å²) in [5, 5.41) is 21.9. The fourth-order valence-electron chi connectivity index (χ4n) is 1.85. The Morgan fingerprint density at radius 3 is 2.95 bits per heavy atom. The lowest BCUT2D eigenvalue weighted by Gasteiger charge is -2.13. The summed E-state index contributed by atoms with van der Waals surface area (Å²) in [5.41, 5.74) is 0.549. The molecule has 0 bridgehead atoms. The highest BCUT2D eigenvalue weighted by atomic mass is 32.1. The third-order valence-corrected chi connectivity index (χ3v) is 3.88. The SMILES string of the molecule is Cc1ccc(CNCC(O)COc2cccc(C#N)c2)s1. The Hall–Kier alpha value is -1.87. The number of nitrogens with one attached hydrogen (secondary N) is 1. The molecular weight excluding hydrogens is 284 g/mol. The first kappa shape index (κ1) is 15.5. The quantitative estimate of drug-likeness (QED) is 0.824. The van der Waals surface area contributed by atoms with Gasteiger partial charge < -0.3 is 15.2 Å². The van der Waals surface area contributed by atoms with Crippen LogP contribution < -0.4 is 10.1 Å². The minimum absolute atomic E-state index is 0.200. The normalized spacial score (nSPS) is 11.9. The number of aliphatic hydroxyl groups is 1. The van der Waals surface area contributed by atoms with Gasteiger partial charge in [-0.2, -0.15) is 5.26 Å². The Balaban J connectivity index is 1.69. The summed E-state index contributed by atoms with van der Waals surface area (Å²) in [5.74, 6) is 0.599. The van der Waals surface area contributed by atoms with E-state index < -0.39 is 6.10 Å². The van der Waals surface area contributed by atoms with E-state index in [1.165, 1.54) is 9.75 Å². The van der Waals surface area contributed by atoms with Gasteiger partial charge in [0, 0.05) is 22.8 Å². The summed E-state index contributed by atoms with van der Waals surface area (Å²) < 4.78 is 5.48. The molecule has 0 saturated carbocycles. The molecule has 110 valence electrons. The van der Waals surface area contributed by atoms with E-state index in [1.54, 1.807) is 35.6 Å². The van der Waals surface area contributed by atoms with E-state index in [2.05, 4.69) is 30.4 Å². The average Bonchev–Trinajstić information content (AvgIpc) is 2.91. The van der Waals surface area contributed by atoms with Gasteiger partial charge in [-0.1, -0.05) is 6.07 Å². The van der Waals surface area contributed by atoms with Crippen LogP contribution in [0.4, 0.5) is 0 Å². The zero-order valence-corrected chi connectivity index (χ0v) is 12.7. The van der Waals surface area contributed by atoms with E-state index in [9.17, 15) is 5.11 Å². The summed E-state index contributed by atoms with van der Waals surface area (Å²) in [4.78, 5) is 2.54. The molecule has 2 N–H and O–H groups in total. The minimum Gasteiger partial charge on any atom is -0.491 e. The van der Waals surface area contributed by atoms with Crippen molar-refractivity contribution in [1.29, 1.82) is 5.26 Å². The van der Waals surface area contributed by atoms with Gasteiger partial charge in [0.1, 0.15) is 18.5 Å². The van der Waals surface area contributed by atoms with Crippen molar-refractivity contribution in [3.8, 4) is 11.8 Å². The average molecular weight is 302 g/mol.